The van der Waals surface area contributed by atoms with Crippen molar-refractivity contribution in [2.24, 2.45) is 0 Å². The van der Waals surface area contributed by atoms with E-state index in [1.807, 2.05) is 6.07 Å². The van der Waals surface area contributed by atoms with E-state index >= 15 is 0 Å². The number of nitrogens with one attached hydrogen (secondary N) is 2. The molecule has 0 radical (unpaired) electrons. The van der Waals surface area contributed by atoms with Gasteiger partial charge in [-0.3, -0.25) is 19.8 Å². The van der Waals surface area contributed by atoms with E-state index in [2.05, 4.69) is 24.1 Å². The van der Waals surface area contributed by atoms with Gasteiger partial charge in [-0.15, -0.1) is 0 Å². The molecule has 22 heavy (non-hydrogen) atoms. The SMILES string of the molecule is CC(C)c1ccc(C(=O)NCCCCCCC(=O)NO)cn1. The van der Waals surface area contributed by atoms with E-state index in [-0.39, 0.29) is 11.8 Å². The third-order valence-electron chi connectivity index (χ3n) is 3.38. The largest absolute Gasteiger partial charge is 0.352 e. The number of aromatic nitrogens is 1. The van der Waals surface area contributed by atoms with Crippen LogP contribution in [0.25, 0.3) is 0 Å². The van der Waals surface area contributed by atoms with E-state index in [1.54, 1.807) is 17.7 Å². The molecule has 6 nitrogen and oxygen atoms in total. The van der Waals surface area contributed by atoms with Crippen LogP contribution in [0, 0.1) is 0 Å². The summed E-state index contributed by atoms with van der Waals surface area (Å²) < 4.78 is 0. The van der Waals surface area contributed by atoms with Crippen molar-refractivity contribution in [3.63, 3.8) is 0 Å². The second-order valence-corrected chi connectivity index (χ2v) is 5.58. The number of amides is 2. The van der Waals surface area contributed by atoms with Crippen LogP contribution in [0.2, 0.25) is 0 Å². The maximum atomic E-state index is 11.9. The Balaban J connectivity index is 2.16. The summed E-state index contributed by atoms with van der Waals surface area (Å²) in [5.41, 5.74) is 3.16. The van der Waals surface area contributed by atoms with Gasteiger partial charge in [0.05, 0.1) is 5.56 Å². The quantitative estimate of drug-likeness (QED) is 0.371. The number of hydrogen-bond donors (Lipinski definition) is 3. The Morgan fingerprint density at radius 2 is 1.91 bits per heavy atom. The summed E-state index contributed by atoms with van der Waals surface area (Å²) >= 11 is 0. The average molecular weight is 307 g/mol. The smallest absolute Gasteiger partial charge is 0.252 e. The zero-order valence-corrected chi connectivity index (χ0v) is 13.3. The molecule has 0 spiro atoms. The van der Waals surface area contributed by atoms with Crippen molar-refractivity contribution in [1.29, 1.82) is 0 Å². The minimum absolute atomic E-state index is 0.109. The highest BCUT2D eigenvalue weighted by atomic mass is 16.5. The van der Waals surface area contributed by atoms with Crippen LogP contribution >= 0.6 is 0 Å². The molecule has 1 aromatic rings. The molecule has 2 amide bonds. The number of carbonyl (C=O) groups is 2. The molecule has 1 rings (SSSR count). The lowest BCUT2D eigenvalue weighted by Crippen LogP contribution is -2.24. The molecule has 0 aromatic carbocycles. The van der Waals surface area contributed by atoms with Crippen molar-refractivity contribution in [3.8, 4) is 0 Å². The molecule has 0 atom stereocenters. The second-order valence-electron chi connectivity index (χ2n) is 5.58. The standard InChI is InChI=1S/C16H25N3O3/c1-12(2)14-9-8-13(11-18-14)16(21)17-10-6-4-3-5-7-15(20)19-22/h8-9,11-12,22H,3-7,10H2,1-2H3,(H,17,21)(H,19,20). The Morgan fingerprint density at radius 3 is 2.50 bits per heavy atom. The van der Waals surface area contributed by atoms with Crippen LogP contribution in [0.5, 0.6) is 0 Å². The maximum absolute atomic E-state index is 11.9. The number of hydroxylamine groups is 1. The normalized spacial score (nSPS) is 10.5. The minimum Gasteiger partial charge on any atom is -0.352 e. The Morgan fingerprint density at radius 1 is 1.18 bits per heavy atom. The van der Waals surface area contributed by atoms with Crippen molar-refractivity contribution >= 4 is 11.8 Å². The summed E-state index contributed by atoms with van der Waals surface area (Å²) in [5.74, 6) is -0.113. The van der Waals surface area contributed by atoms with Crippen LogP contribution in [0.3, 0.4) is 0 Å². The predicted octanol–water partition coefficient (Wildman–Crippen LogP) is 2.39. The highest BCUT2D eigenvalue weighted by Crippen LogP contribution is 2.11. The molecule has 1 heterocycles. The van der Waals surface area contributed by atoms with Crippen LogP contribution in [0.15, 0.2) is 18.3 Å². The van der Waals surface area contributed by atoms with E-state index in [0.717, 1.165) is 31.4 Å². The van der Waals surface area contributed by atoms with Gasteiger partial charge in [0.2, 0.25) is 5.91 Å². The van der Waals surface area contributed by atoms with Crippen LogP contribution < -0.4 is 10.8 Å². The van der Waals surface area contributed by atoms with E-state index in [4.69, 9.17) is 5.21 Å². The molecule has 1 aromatic heterocycles. The van der Waals surface area contributed by atoms with Crippen molar-refractivity contribution < 1.29 is 14.8 Å². The molecule has 0 unspecified atom stereocenters. The molecule has 0 saturated heterocycles. The van der Waals surface area contributed by atoms with Gasteiger partial charge in [0.25, 0.3) is 5.91 Å². The third-order valence-corrected chi connectivity index (χ3v) is 3.38. The highest BCUT2D eigenvalue weighted by molar-refractivity contribution is 5.93. The van der Waals surface area contributed by atoms with Crippen molar-refractivity contribution in [2.75, 3.05) is 6.54 Å². The van der Waals surface area contributed by atoms with E-state index in [9.17, 15) is 9.59 Å². The van der Waals surface area contributed by atoms with Gasteiger partial charge < -0.3 is 5.32 Å². The van der Waals surface area contributed by atoms with Gasteiger partial charge in [0.1, 0.15) is 0 Å². The number of pyridine rings is 1. The topological polar surface area (TPSA) is 91.3 Å². The average Bonchev–Trinajstić information content (AvgIpc) is 2.53. The zero-order valence-electron chi connectivity index (χ0n) is 13.3. The van der Waals surface area contributed by atoms with Crippen LogP contribution in [0.4, 0.5) is 0 Å². The number of carbonyl (C=O) groups excluding carboxylic acids is 2. The van der Waals surface area contributed by atoms with Gasteiger partial charge in [0.15, 0.2) is 0 Å². The molecule has 3 N–H and O–H groups in total. The molecule has 0 aliphatic heterocycles. The fourth-order valence-electron chi connectivity index (χ4n) is 2.01. The lowest BCUT2D eigenvalue weighted by atomic mass is 10.1. The summed E-state index contributed by atoms with van der Waals surface area (Å²) in [6, 6.07) is 3.68. The van der Waals surface area contributed by atoms with Gasteiger partial charge >= 0.3 is 0 Å². The monoisotopic (exact) mass is 307 g/mol. The lowest BCUT2D eigenvalue weighted by Gasteiger charge is -2.07. The predicted molar refractivity (Wildman–Crippen MR) is 83.7 cm³/mol. The molecule has 122 valence electrons. The van der Waals surface area contributed by atoms with E-state index in [1.165, 1.54) is 0 Å². The molecule has 6 heteroatoms. The Kier molecular flexibility index (Phi) is 8.14. The molecule has 0 fully saturated rings. The fraction of sp³-hybridized carbons (Fsp3) is 0.562. The van der Waals surface area contributed by atoms with Gasteiger partial charge in [-0.05, 0) is 30.9 Å². The first-order chi connectivity index (χ1) is 10.5. The molecular formula is C16H25N3O3. The third kappa shape index (κ3) is 6.67. The maximum Gasteiger partial charge on any atom is 0.252 e. The Labute approximate surface area is 131 Å². The van der Waals surface area contributed by atoms with Gasteiger partial charge in [-0.1, -0.05) is 26.7 Å². The molecule has 0 bridgehead atoms. The highest BCUT2D eigenvalue weighted by Gasteiger charge is 2.07. The van der Waals surface area contributed by atoms with E-state index in [0.29, 0.717) is 24.4 Å². The van der Waals surface area contributed by atoms with Crippen LogP contribution in [-0.4, -0.2) is 28.6 Å². The number of nitrogens with zero attached hydrogens (tertiary/aromatic N) is 1. The molecule has 0 aliphatic carbocycles. The van der Waals surface area contributed by atoms with Gasteiger partial charge in [-0.2, -0.15) is 0 Å². The molecule has 0 saturated carbocycles. The summed E-state index contributed by atoms with van der Waals surface area (Å²) in [6.07, 6.45) is 5.37. The van der Waals surface area contributed by atoms with Crippen LogP contribution in [-0.2, 0) is 4.79 Å². The lowest BCUT2D eigenvalue weighted by molar-refractivity contribution is -0.129. The molecule has 0 aliphatic rings. The minimum atomic E-state index is -0.356. The van der Waals surface area contributed by atoms with Crippen LogP contribution in [0.1, 0.15) is 67.9 Å². The Hall–Kier alpha value is -1.95. The van der Waals surface area contributed by atoms with Crippen molar-refractivity contribution in [2.45, 2.75) is 51.9 Å². The van der Waals surface area contributed by atoms with Crippen molar-refractivity contribution in [1.82, 2.24) is 15.8 Å². The molecular weight excluding hydrogens is 282 g/mol. The van der Waals surface area contributed by atoms with Gasteiger partial charge in [-0.25, -0.2) is 5.48 Å². The summed E-state index contributed by atoms with van der Waals surface area (Å²) in [5, 5.41) is 11.2. The first-order valence-corrected chi connectivity index (χ1v) is 7.71. The summed E-state index contributed by atoms with van der Waals surface area (Å²) in [7, 11) is 0. The van der Waals surface area contributed by atoms with Crippen molar-refractivity contribution in [3.05, 3.63) is 29.6 Å². The number of rotatable bonds is 9. The summed E-state index contributed by atoms with van der Waals surface area (Å²) in [6.45, 7) is 4.73. The first kappa shape index (κ1) is 18.1. The van der Waals surface area contributed by atoms with Gasteiger partial charge in [0, 0.05) is 24.9 Å². The number of unbranched alkanes of at least 4 members (excludes halogenated alkanes) is 3. The fourth-order valence-corrected chi connectivity index (χ4v) is 2.01. The van der Waals surface area contributed by atoms with E-state index < -0.39 is 0 Å². The Bertz CT molecular complexity index is 472. The second kappa shape index (κ2) is 9.89. The zero-order chi connectivity index (χ0) is 16.4. The first-order valence-electron chi connectivity index (χ1n) is 7.71. The number of hydrogen-bond acceptors (Lipinski definition) is 4. The summed E-state index contributed by atoms with van der Waals surface area (Å²) in [4.78, 5) is 27.0.